The van der Waals surface area contributed by atoms with Crippen molar-refractivity contribution < 1.29 is 9.59 Å². The van der Waals surface area contributed by atoms with Gasteiger partial charge in [0.05, 0.1) is 11.3 Å². The summed E-state index contributed by atoms with van der Waals surface area (Å²) in [4.78, 5) is 33.0. The Bertz CT molecular complexity index is 515. The van der Waals surface area contributed by atoms with Gasteiger partial charge >= 0.3 is 0 Å². The standard InChI is InChI=1S/C13H18N4O2/c1-8-11(12(14)19)6-15-13(16-8)10-4-3-5-17(7-10)9(2)18/h6,10H,3-5,7H2,1-2H3,(H2,14,19)/t10-/m0/s1. The van der Waals surface area contributed by atoms with Crippen molar-refractivity contribution in [2.75, 3.05) is 13.1 Å². The van der Waals surface area contributed by atoms with Crippen LogP contribution >= 0.6 is 0 Å². The number of rotatable bonds is 2. The first kappa shape index (κ1) is 13.5. The van der Waals surface area contributed by atoms with Gasteiger partial charge in [-0.2, -0.15) is 0 Å². The highest BCUT2D eigenvalue weighted by molar-refractivity contribution is 5.93. The lowest BCUT2D eigenvalue weighted by Gasteiger charge is -2.31. The van der Waals surface area contributed by atoms with Crippen LogP contribution in [0.2, 0.25) is 0 Å². The number of piperidine rings is 1. The Balaban J connectivity index is 2.20. The highest BCUT2D eigenvalue weighted by atomic mass is 16.2. The summed E-state index contributed by atoms with van der Waals surface area (Å²) in [5.74, 6) is 0.389. The first-order valence-electron chi connectivity index (χ1n) is 6.38. The maximum Gasteiger partial charge on any atom is 0.252 e. The third kappa shape index (κ3) is 2.89. The highest BCUT2D eigenvalue weighted by Gasteiger charge is 2.25. The normalized spacial score (nSPS) is 19.3. The molecule has 2 rings (SSSR count). The number of carbonyl (C=O) groups is 2. The molecule has 0 spiro atoms. The molecule has 0 bridgehead atoms. The number of nitrogens with two attached hydrogens (primary N) is 1. The number of carbonyl (C=O) groups excluding carboxylic acids is 2. The van der Waals surface area contributed by atoms with E-state index in [1.165, 1.54) is 6.20 Å². The molecule has 6 heteroatoms. The number of amides is 2. The molecule has 1 atom stereocenters. The summed E-state index contributed by atoms with van der Waals surface area (Å²) >= 11 is 0. The lowest BCUT2D eigenvalue weighted by Crippen LogP contribution is -2.38. The molecule has 0 saturated carbocycles. The zero-order valence-corrected chi connectivity index (χ0v) is 11.2. The smallest absolute Gasteiger partial charge is 0.252 e. The molecular formula is C13H18N4O2. The highest BCUT2D eigenvalue weighted by Crippen LogP contribution is 2.24. The van der Waals surface area contributed by atoms with E-state index in [0.29, 0.717) is 23.6 Å². The van der Waals surface area contributed by atoms with Gasteiger partial charge in [-0.1, -0.05) is 0 Å². The topological polar surface area (TPSA) is 89.2 Å². The molecule has 1 aliphatic heterocycles. The van der Waals surface area contributed by atoms with Gasteiger partial charge in [-0.25, -0.2) is 9.97 Å². The Hall–Kier alpha value is -1.98. The van der Waals surface area contributed by atoms with Gasteiger partial charge in [0, 0.05) is 32.1 Å². The molecule has 19 heavy (non-hydrogen) atoms. The minimum atomic E-state index is -0.516. The minimum absolute atomic E-state index is 0.0789. The molecule has 1 saturated heterocycles. The Labute approximate surface area is 112 Å². The van der Waals surface area contributed by atoms with Crippen LogP contribution in [0.25, 0.3) is 0 Å². The molecule has 0 unspecified atom stereocenters. The average molecular weight is 262 g/mol. The molecule has 6 nitrogen and oxygen atoms in total. The first-order valence-corrected chi connectivity index (χ1v) is 6.38. The van der Waals surface area contributed by atoms with Crippen LogP contribution in [0.1, 0.15) is 47.6 Å². The number of likely N-dealkylation sites (tertiary alicyclic amines) is 1. The third-order valence-corrected chi connectivity index (χ3v) is 3.50. The predicted molar refractivity (Wildman–Crippen MR) is 69.5 cm³/mol. The summed E-state index contributed by atoms with van der Waals surface area (Å²) in [6, 6.07) is 0. The van der Waals surface area contributed by atoms with Crippen molar-refractivity contribution in [2.24, 2.45) is 5.73 Å². The van der Waals surface area contributed by atoms with E-state index in [1.807, 2.05) is 4.90 Å². The quantitative estimate of drug-likeness (QED) is 0.845. The number of aryl methyl sites for hydroxylation is 1. The van der Waals surface area contributed by atoms with E-state index in [9.17, 15) is 9.59 Å². The summed E-state index contributed by atoms with van der Waals surface area (Å²) in [6.07, 6.45) is 3.38. The van der Waals surface area contributed by atoms with Crippen LogP contribution < -0.4 is 5.73 Å². The molecule has 1 aromatic heterocycles. The van der Waals surface area contributed by atoms with Crippen LogP contribution in [0.4, 0.5) is 0 Å². The summed E-state index contributed by atoms with van der Waals surface area (Å²) in [7, 11) is 0. The predicted octanol–water partition coefficient (Wildman–Crippen LogP) is 0.610. The van der Waals surface area contributed by atoms with Gasteiger partial charge in [-0.15, -0.1) is 0 Å². The molecule has 1 aromatic rings. The Kier molecular flexibility index (Phi) is 3.78. The van der Waals surface area contributed by atoms with Crippen molar-refractivity contribution in [3.05, 3.63) is 23.3 Å². The van der Waals surface area contributed by atoms with Crippen molar-refractivity contribution in [1.82, 2.24) is 14.9 Å². The summed E-state index contributed by atoms with van der Waals surface area (Å²) in [5, 5.41) is 0. The summed E-state index contributed by atoms with van der Waals surface area (Å²) in [6.45, 7) is 4.76. The Morgan fingerprint density at radius 1 is 1.47 bits per heavy atom. The fourth-order valence-electron chi connectivity index (χ4n) is 2.40. The van der Waals surface area contributed by atoms with E-state index in [-0.39, 0.29) is 11.8 Å². The number of nitrogens with zero attached hydrogens (tertiary/aromatic N) is 3. The van der Waals surface area contributed by atoms with Crippen LogP contribution in [0.15, 0.2) is 6.20 Å². The van der Waals surface area contributed by atoms with E-state index in [1.54, 1.807) is 13.8 Å². The van der Waals surface area contributed by atoms with Crippen LogP contribution in [-0.2, 0) is 4.79 Å². The van der Waals surface area contributed by atoms with Gasteiger partial charge in [0.15, 0.2) is 0 Å². The average Bonchev–Trinajstić information content (AvgIpc) is 2.38. The second-order valence-corrected chi connectivity index (χ2v) is 4.90. The van der Waals surface area contributed by atoms with Gasteiger partial charge in [0.25, 0.3) is 5.91 Å². The third-order valence-electron chi connectivity index (χ3n) is 3.50. The molecular weight excluding hydrogens is 244 g/mol. The lowest BCUT2D eigenvalue weighted by molar-refractivity contribution is -0.130. The van der Waals surface area contributed by atoms with Gasteiger partial charge in [0.1, 0.15) is 5.82 Å². The van der Waals surface area contributed by atoms with Crippen LogP contribution in [0, 0.1) is 6.92 Å². The SMILES string of the molecule is CC(=O)N1CCC[C@H](c2ncc(C(N)=O)c(C)n2)C1. The van der Waals surface area contributed by atoms with E-state index in [2.05, 4.69) is 9.97 Å². The summed E-state index contributed by atoms with van der Waals surface area (Å²) < 4.78 is 0. The molecule has 1 fully saturated rings. The van der Waals surface area contributed by atoms with Crippen molar-refractivity contribution in [1.29, 1.82) is 0 Å². The van der Waals surface area contributed by atoms with Gasteiger partial charge in [0.2, 0.25) is 5.91 Å². The zero-order chi connectivity index (χ0) is 14.0. The number of hydrogen-bond donors (Lipinski definition) is 1. The number of primary amides is 1. The number of aromatic nitrogens is 2. The maximum absolute atomic E-state index is 11.4. The van der Waals surface area contributed by atoms with Crippen LogP contribution in [0.5, 0.6) is 0 Å². The first-order chi connectivity index (χ1) is 8.99. The van der Waals surface area contributed by atoms with Crippen molar-refractivity contribution in [2.45, 2.75) is 32.6 Å². The van der Waals surface area contributed by atoms with Gasteiger partial charge in [-0.05, 0) is 19.8 Å². The van der Waals surface area contributed by atoms with Gasteiger partial charge < -0.3 is 10.6 Å². The van der Waals surface area contributed by atoms with E-state index in [0.717, 1.165) is 19.4 Å². The minimum Gasteiger partial charge on any atom is -0.365 e. The molecule has 2 heterocycles. The molecule has 0 aliphatic carbocycles. The molecule has 0 aromatic carbocycles. The monoisotopic (exact) mass is 262 g/mol. The second kappa shape index (κ2) is 5.34. The lowest BCUT2D eigenvalue weighted by atomic mass is 9.97. The van der Waals surface area contributed by atoms with Gasteiger partial charge in [-0.3, -0.25) is 9.59 Å². The van der Waals surface area contributed by atoms with Crippen molar-refractivity contribution in [3.63, 3.8) is 0 Å². The van der Waals surface area contributed by atoms with E-state index < -0.39 is 5.91 Å². The van der Waals surface area contributed by atoms with Crippen LogP contribution in [-0.4, -0.2) is 39.8 Å². The van der Waals surface area contributed by atoms with Crippen molar-refractivity contribution in [3.8, 4) is 0 Å². The van der Waals surface area contributed by atoms with Crippen molar-refractivity contribution >= 4 is 11.8 Å². The molecule has 2 amide bonds. The van der Waals surface area contributed by atoms with E-state index >= 15 is 0 Å². The molecule has 0 radical (unpaired) electrons. The molecule has 2 N–H and O–H groups in total. The fourth-order valence-corrected chi connectivity index (χ4v) is 2.40. The largest absolute Gasteiger partial charge is 0.365 e. The maximum atomic E-state index is 11.4. The fraction of sp³-hybridized carbons (Fsp3) is 0.538. The molecule has 1 aliphatic rings. The zero-order valence-electron chi connectivity index (χ0n) is 11.2. The van der Waals surface area contributed by atoms with Crippen LogP contribution in [0.3, 0.4) is 0 Å². The summed E-state index contributed by atoms with van der Waals surface area (Å²) in [5.41, 5.74) is 6.18. The van der Waals surface area contributed by atoms with E-state index in [4.69, 9.17) is 5.73 Å². The Morgan fingerprint density at radius 3 is 2.79 bits per heavy atom. The number of hydrogen-bond acceptors (Lipinski definition) is 4. The molecule has 102 valence electrons. The Morgan fingerprint density at radius 2 is 2.21 bits per heavy atom. The second-order valence-electron chi connectivity index (χ2n) is 4.90.